The van der Waals surface area contributed by atoms with Crippen LogP contribution in [0, 0.1) is 0 Å². The molecular weight excluding hydrogens is 425 g/mol. The zero-order valence-corrected chi connectivity index (χ0v) is 17.6. The molecule has 154 valence electrons. The molecule has 1 unspecified atom stereocenters. The van der Waals surface area contributed by atoms with Gasteiger partial charge in [0.15, 0.2) is 12.0 Å². The second-order valence-electron chi connectivity index (χ2n) is 6.77. The number of aliphatic hydroxyl groups excluding tert-OH is 1. The Balaban J connectivity index is 1.90. The van der Waals surface area contributed by atoms with Gasteiger partial charge in [0.25, 0.3) is 0 Å². The third-order valence-corrected chi connectivity index (χ3v) is 5.27. The molecule has 1 atom stereocenters. The predicted molar refractivity (Wildman–Crippen MR) is 118 cm³/mol. The minimum absolute atomic E-state index is 0.132. The molecule has 0 saturated carbocycles. The van der Waals surface area contributed by atoms with Crippen molar-refractivity contribution in [3.8, 4) is 17.2 Å². The number of nitrogens with zero attached hydrogens (tertiary/aromatic N) is 1. The Labute approximate surface area is 183 Å². The molecule has 4 rings (SSSR count). The molecule has 30 heavy (non-hydrogen) atoms. The Morgan fingerprint density at radius 3 is 2.27 bits per heavy atom. The van der Waals surface area contributed by atoms with E-state index in [1.807, 2.05) is 34.9 Å². The third kappa shape index (κ3) is 4.11. The summed E-state index contributed by atoms with van der Waals surface area (Å²) in [6, 6.07) is 19.3. The molecule has 7 heteroatoms. The van der Waals surface area contributed by atoms with Crippen molar-refractivity contribution in [2.75, 3.05) is 7.11 Å². The third-order valence-electron chi connectivity index (χ3n) is 4.79. The molecule has 0 spiro atoms. The van der Waals surface area contributed by atoms with Gasteiger partial charge in [-0.25, -0.2) is 0 Å². The lowest BCUT2D eigenvalue weighted by molar-refractivity contribution is -0.0825. The highest BCUT2D eigenvalue weighted by Gasteiger charge is 2.25. The first-order chi connectivity index (χ1) is 14.5. The van der Waals surface area contributed by atoms with E-state index in [1.165, 1.54) is 19.2 Å². The zero-order chi connectivity index (χ0) is 21.3. The molecular formula is C23H19Cl2NO4. The van der Waals surface area contributed by atoms with Crippen LogP contribution in [0.15, 0.2) is 66.7 Å². The van der Waals surface area contributed by atoms with Crippen LogP contribution >= 0.6 is 23.2 Å². The van der Waals surface area contributed by atoms with E-state index in [2.05, 4.69) is 0 Å². The molecule has 0 amide bonds. The van der Waals surface area contributed by atoms with Crippen molar-refractivity contribution in [1.29, 1.82) is 0 Å². The number of aromatic nitrogens is 1. The molecule has 0 aliphatic heterocycles. The van der Waals surface area contributed by atoms with Gasteiger partial charge in [-0.2, -0.15) is 0 Å². The molecule has 3 aromatic carbocycles. The lowest BCUT2D eigenvalue weighted by atomic mass is 10.2. The first-order valence-corrected chi connectivity index (χ1v) is 9.95. The van der Waals surface area contributed by atoms with Gasteiger partial charge in [-0.3, -0.25) is 0 Å². The summed E-state index contributed by atoms with van der Waals surface area (Å²) >= 11 is 12.3. The summed E-state index contributed by atoms with van der Waals surface area (Å²) in [4.78, 5) is 0. The van der Waals surface area contributed by atoms with Gasteiger partial charge in [-0.1, -0.05) is 35.3 Å². The molecule has 4 aromatic rings. The monoisotopic (exact) mass is 443 g/mol. The number of fused-ring (bicyclic) bond motifs is 1. The summed E-state index contributed by atoms with van der Waals surface area (Å²) in [7, 11) is 1.42. The highest BCUT2D eigenvalue weighted by molar-refractivity contribution is 6.31. The van der Waals surface area contributed by atoms with E-state index in [0.29, 0.717) is 33.8 Å². The highest BCUT2D eigenvalue weighted by atomic mass is 35.5. The zero-order valence-electron chi connectivity index (χ0n) is 16.0. The molecule has 5 nitrogen and oxygen atoms in total. The number of aliphatic hydroxyl groups is 1. The maximum Gasteiger partial charge on any atom is 0.200 e. The van der Waals surface area contributed by atoms with Crippen molar-refractivity contribution in [1.82, 2.24) is 4.57 Å². The SMILES string of the molecule is COC(O)c1c(Oc2ccc(O)cc2)c2cc(Cl)ccc2n1Cc1ccc(Cl)cc1. The lowest BCUT2D eigenvalue weighted by Gasteiger charge is -2.16. The van der Waals surface area contributed by atoms with Gasteiger partial charge in [0.1, 0.15) is 17.2 Å². The van der Waals surface area contributed by atoms with Crippen molar-refractivity contribution in [3.05, 3.63) is 88.0 Å². The highest BCUT2D eigenvalue weighted by Crippen LogP contribution is 2.41. The average Bonchev–Trinajstić information content (AvgIpc) is 3.03. The fraction of sp³-hybridized carbons (Fsp3) is 0.130. The number of rotatable bonds is 6. The van der Waals surface area contributed by atoms with Gasteiger partial charge in [-0.15, -0.1) is 0 Å². The number of phenolic OH excluding ortho intramolecular Hbond substituents is 1. The number of phenols is 1. The van der Waals surface area contributed by atoms with Gasteiger partial charge in [-0.05, 0) is 60.2 Å². The average molecular weight is 444 g/mol. The number of hydrogen-bond donors (Lipinski definition) is 2. The van der Waals surface area contributed by atoms with Crippen molar-refractivity contribution in [2.45, 2.75) is 12.8 Å². The van der Waals surface area contributed by atoms with Gasteiger partial charge in [0.2, 0.25) is 0 Å². The fourth-order valence-corrected chi connectivity index (χ4v) is 3.65. The molecule has 0 aliphatic carbocycles. The summed E-state index contributed by atoms with van der Waals surface area (Å²) in [6.45, 7) is 0.462. The van der Waals surface area contributed by atoms with E-state index in [1.54, 1.807) is 24.3 Å². The van der Waals surface area contributed by atoms with Gasteiger partial charge >= 0.3 is 0 Å². The van der Waals surface area contributed by atoms with E-state index in [9.17, 15) is 10.2 Å². The van der Waals surface area contributed by atoms with Crippen LogP contribution in [-0.2, 0) is 11.3 Å². The Bertz CT molecular complexity index is 1170. The van der Waals surface area contributed by atoms with Crippen LogP contribution in [0.5, 0.6) is 17.2 Å². The summed E-state index contributed by atoms with van der Waals surface area (Å²) in [5.41, 5.74) is 2.28. The first-order valence-electron chi connectivity index (χ1n) is 9.20. The van der Waals surface area contributed by atoms with Crippen LogP contribution in [0.2, 0.25) is 10.0 Å². The summed E-state index contributed by atoms with van der Waals surface area (Å²) in [5, 5.41) is 22.2. The van der Waals surface area contributed by atoms with Crippen LogP contribution in [0.25, 0.3) is 10.9 Å². The largest absolute Gasteiger partial charge is 0.508 e. The number of ether oxygens (including phenoxy) is 2. The fourth-order valence-electron chi connectivity index (χ4n) is 3.35. The standard InChI is InChI=1S/C23H19Cl2NO4/c1-29-23(28)21-22(30-18-9-7-17(27)8-10-18)19-12-16(25)6-11-20(19)26(21)13-14-2-4-15(24)5-3-14/h2-12,23,27-28H,13H2,1H3. The Morgan fingerprint density at radius 1 is 0.933 bits per heavy atom. The molecule has 0 bridgehead atoms. The Hall–Kier alpha value is -2.70. The lowest BCUT2D eigenvalue weighted by Crippen LogP contribution is -2.11. The molecule has 0 radical (unpaired) electrons. The van der Waals surface area contributed by atoms with Crippen LogP contribution in [-0.4, -0.2) is 21.9 Å². The normalized spacial score (nSPS) is 12.3. The topological polar surface area (TPSA) is 63.9 Å². The molecule has 0 saturated heterocycles. The number of aromatic hydroxyl groups is 1. The number of methoxy groups -OCH3 is 1. The number of halogens is 2. The second-order valence-corrected chi connectivity index (χ2v) is 7.65. The minimum atomic E-state index is -1.23. The van der Waals surface area contributed by atoms with Gasteiger partial charge in [0.05, 0.1) is 5.52 Å². The maximum absolute atomic E-state index is 10.7. The summed E-state index contributed by atoms with van der Waals surface area (Å²) in [5.74, 6) is 1.07. The van der Waals surface area contributed by atoms with Gasteiger partial charge in [0, 0.05) is 29.1 Å². The van der Waals surface area contributed by atoms with Gasteiger partial charge < -0.3 is 24.3 Å². The van der Waals surface area contributed by atoms with Crippen molar-refractivity contribution in [2.24, 2.45) is 0 Å². The minimum Gasteiger partial charge on any atom is -0.508 e. The molecule has 0 aliphatic rings. The summed E-state index contributed by atoms with van der Waals surface area (Å²) in [6.07, 6.45) is -1.23. The van der Waals surface area contributed by atoms with Crippen LogP contribution in [0.3, 0.4) is 0 Å². The maximum atomic E-state index is 10.7. The Kier molecular flexibility index (Phi) is 5.88. The number of hydrogen-bond acceptors (Lipinski definition) is 4. The van der Waals surface area contributed by atoms with Crippen LogP contribution < -0.4 is 4.74 Å². The molecule has 1 aromatic heterocycles. The quantitative estimate of drug-likeness (QED) is 0.351. The molecule has 2 N–H and O–H groups in total. The van der Waals surface area contributed by atoms with E-state index in [0.717, 1.165) is 16.5 Å². The van der Waals surface area contributed by atoms with E-state index < -0.39 is 6.29 Å². The van der Waals surface area contributed by atoms with E-state index in [-0.39, 0.29) is 5.75 Å². The van der Waals surface area contributed by atoms with E-state index >= 15 is 0 Å². The molecule has 0 fully saturated rings. The van der Waals surface area contributed by atoms with Crippen LogP contribution in [0.4, 0.5) is 0 Å². The summed E-state index contributed by atoms with van der Waals surface area (Å²) < 4.78 is 13.3. The molecule has 1 heterocycles. The van der Waals surface area contributed by atoms with E-state index in [4.69, 9.17) is 32.7 Å². The number of benzene rings is 3. The van der Waals surface area contributed by atoms with Crippen LogP contribution in [0.1, 0.15) is 17.5 Å². The first kappa shape index (κ1) is 20.6. The smallest absolute Gasteiger partial charge is 0.200 e. The van der Waals surface area contributed by atoms with Crippen molar-refractivity contribution >= 4 is 34.1 Å². The second kappa shape index (κ2) is 8.58. The predicted octanol–water partition coefficient (Wildman–Crippen LogP) is 6.13. The van der Waals surface area contributed by atoms with Crippen molar-refractivity contribution in [3.63, 3.8) is 0 Å². The van der Waals surface area contributed by atoms with Crippen molar-refractivity contribution < 1.29 is 19.7 Å². The Morgan fingerprint density at radius 2 is 1.60 bits per heavy atom.